The highest BCUT2D eigenvalue weighted by Gasteiger charge is 2.06. The van der Waals surface area contributed by atoms with Gasteiger partial charge >= 0.3 is 0 Å². The zero-order chi connectivity index (χ0) is 15.8. The summed E-state index contributed by atoms with van der Waals surface area (Å²) >= 11 is 1.82. The van der Waals surface area contributed by atoms with E-state index in [0.29, 0.717) is 12.5 Å². The van der Waals surface area contributed by atoms with E-state index in [-0.39, 0.29) is 5.91 Å². The lowest BCUT2D eigenvalue weighted by molar-refractivity contribution is -0.118. The third kappa shape index (κ3) is 4.98. The second-order valence-electron chi connectivity index (χ2n) is 5.28. The van der Waals surface area contributed by atoms with Gasteiger partial charge in [-0.1, -0.05) is 13.3 Å². The highest BCUT2D eigenvalue weighted by atomic mass is 32.2. The third-order valence-corrected chi connectivity index (χ3v) is 4.32. The van der Waals surface area contributed by atoms with Gasteiger partial charge in [0.25, 0.3) is 0 Å². The van der Waals surface area contributed by atoms with E-state index >= 15 is 0 Å². The van der Waals surface area contributed by atoms with Crippen LogP contribution in [0.1, 0.15) is 32.3 Å². The van der Waals surface area contributed by atoms with Crippen LogP contribution in [0.3, 0.4) is 0 Å². The number of hydrogen-bond donors (Lipinski definition) is 2. The largest absolute Gasteiger partial charge is 0.483 e. The van der Waals surface area contributed by atoms with E-state index in [1.165, 1.54) is 30.7 Å². The number of H-pyrrole nitrogens is 1. The standard InChI is InChI=1S/C17H24N2O2S/c1-3-4-9-22-12-21-15-5-6-17-16(10-15)14(11-19-17)7-8-18-13(2)20/h5-6,10-11,19H,3-4,7-9,12H2,1-2H3,(H,18,20). The number of carbonyl (C=O) groups is 1. The summed E-state index contributed by atoms with van der Waals surface area (Å²) in [6.45, 7) is 4.39. The molecule has 0 bridgehead atoms. The number of carbonyl (C=O) groups excluding carboxylic acids is 1. The van der Waals surface area contributed by atoms with E-state index < -0.39 is 0 Å². The summed E-state index contributed by atoms with van der Waals surface area (Å²) in [6, 6.07) is 6.12. The van der Waals surface area contributed by atoms with Crippen LogP contribution in [-0.2, 0) is 11.2 Å². The number of nitrogens with one attached hydrogen (secondary N) is 2. The summed E-state index contributed by atoms with van der Waals surface area (Å²) < 4.78 is 5.81. The van der Waals surface area contributed by atoms with E-state index in [9.17, 15) is 4.79 Å². The van der Waals surface area contributed by atoms with Gasteiger partial charge in [-0.15, -0.1) is 11.8 Å². The summed E-state index contributed by atoms with van der Waals surface area (Å²) in [5.41, 5.74) is 2.30. The highest BCUT2D eigenvalue weighted by Crippen LogP contribution is 2.24. The van der Waals surface area contributed by atoms with Gasteiger partial charge in [0.1, 0.15) is 11.7 Å². The van der Waals surface area contributed by atoms with Crippen molar-refractivity contribution >= 4 is 28.6 Å². The van der Waals surface area contributed by atoms with Crippen molar-refractivity contribution in [3.8, 4) is 5.75 Å². The molecule has 0 aliphatic rings. The minimum absolute atomic E-state index is 0.00738. The summed E-state index contributed by atoms with van der Waals surface area (Å²) in [4.78, 5) is 14.2. The number of thioether (sulfide) groups is 1. The minimum Gasteiger partial charge on any atom is -0.483 e. The first kappa shape index (κ1) is 16.7. The maximum absolute atomic E-state index is 10.9. The second kappa shape index (κ2) is 8.73. The van der Waals surface area contributed by atoms with E-state index in [4.69, 9.17) is 4.74 Å². The topological polar surface area (TPSA) is 54.1 Å². The van der Waals surface area contributed by atoms with E-state index in [2.05, 4.69) is 23.3 Å². The van der Waals surface area contributed by atoms with Gasteiger partial charge in [0.2, 0.25) is 5.91 Å². The van der Waals surface area contributed by atoms with Crippen LogP contribution >= 0.6 is 11.8 Å². The molecule has 120 valence electrons. The molecule has 2 rings (SSSR count). The lowest BCUT2D eigenvalue weighted by Crippen LogP contribution is -2.22. The number of aromatic nitrogens is 1. The smallest absolute Gasteiger partial charge is 0.216 e. The molecular weight excluding hydrogens is 296 g/mol. The molecule has 0 atom stereocenters. The monoisotopic (exact) mass is 320 g/mol. The van der Waals surface area contributed by atoms with Crippen LogP contribution in [0.5, 0.6) is 5.75 Å². The highest BCUT2D eigenvalue weighted by molar-refractivity contribution is 7.99. The number of rotatable bonds is 9. The average Bonchev–Trinajstić information content (AvgIpc) is 2.89. The van der Waals surface area contributed by atoms with E-state index in [1.54, 1.807) is 0 Å². The Labute approximate surface area is 136 Å². The van der Waals surface area contributed by atoms with Crippen molar-refractivity contribution in [1.82, 2.24) is 10.3 Å². The minimum atomic E-state index is 0.00738. The molecule has 0 radical (unpaired) electrons. The predicted octanol–water partition coefficient (Wildman–Crippen LogP) is 3.72. The van der Waals surface area contributed by atoms with Crippen molar-refractivity contribution < 1.29 is 9.53 Å². The molecule has 1 aromatic carbocycles. The van der Waals surface area contributed by atoms with Crippen molar-refractivity contribution in [2.75, 3.05) is 18.2 Å². The molecule has 0 aliphatic carbocycles. The van der Waals surface area contributed by atoms with Gasteiger partial charge in [-0.3, -0.25) is 4.79 Å². The Balaban J connectivity index is 1.94. The van der Waals surface area contributed by atoms with Crippen LogP contribution in [-0.4, -0.2) is 29.1 Å². The molecule has 0 saturated heterocycles. The molecule has 0 fully saturated rings. The summed E-state index contributed by atoms with van der Waals surface area (Å²) in [5, 5.41) is 4.00. The number of fused-ring (bicyclic) bond motifs is 1. The fourth-order valence-electron chi connectivity index (χ4n) is 2.24. The maximum atomic E-state index is 10.9. The van der Waals surface area contributed by atoms with Crippen molar-refractivity contribution in [1.29, 1.82) is 0 Å². The molecule has 2 aromatic rings. The molecule has 0 saturated carbocycles. The van der Waals surface area contributed by atoms with Crippen molar-refractivity contribution in [2.45, 2.75) is 33.1 Å². The van der Waals surface area contributed by atoms with Gasteiger partial charge in [0.05, 0.1) is 0 Å². The Morgan fingerprint density at radius 2 is 2.27 bits per heavy atom. The number of aromatic amines is 1. The second-order valence-corrected chi connectivity index (χ2v) is 6.33. The fourth-order valence-corrected chi connectivity index (χ4v) is 3.07. The molecule has 4 nitrogen and oxygen atoms in total. The quantitative estimate of drug-likeness (QED) is 0.547. The number of hydrogen-bond acceptors (Lipinski definition) is 3. The zero-order valence-corrected chi connectivity index (χ0v) is 14.1. The fraction of sp³-hybridized carbons (Fsp3) is 0.471. The Bertz CT molecular complexity index is 610. The number of ether oxygens (including phenoxy) is 1. The Hall–Kier alpha value is -1.62. The van der Waals surface area contributed by atoms with Crippen LogP contribution in [0.25, 0.3) is 10.9 Å². The van der Waals surface area contributed by atoms with Crippen molar-refractivity contribution in [3.05, 3.63) is 30.0 Å². The summed E-state index contributed by atoms with van der Waals surface area (Å²) in [5.74, 6) is 2.74. The van der Waals surface area contributed by atoms with Gasteiger partial charge in [0, 0.05) is 30.6 Å². The van der Waals surface area contributed by atoms with Crippen LogP contribution in [0.15, 0.2) is 24.4 Å². The summed E-state index contributed by atoms with van der Waals surface area (Å²) in [6.07, 6.45) is 5.28. The van der Waals surface area contributed by atoms with Crippen LogP contribution in [0.2, 0.25) is 0 Å². The van der Waals surface area contributed by atoms with Gasteiger partial charge in [-0.05, 0) is 42.4 Å². The van der Waals surface area contributed by atoms with Crippen molar-refractivity contribution in [3.63, 3.8) is 0 Å². The van der Waals surface area contributed by atoms with E-state index in [0.717, 1.165) is 23.4 Å². The Morgan fingerprint density at radius 3 is 3.05 bits per heavy atom. The SMILES string of the molecule is CCCCSCOc1ccc2[nH]cc(CCNC(C)=O)c2c1. The molecular formula is C17H24N2O2S. The molecule has 0 aliphatic heterocycles. The molecule has 1 aromatic heterocycles. The number of benzene rings is 1. The average molecular weight is 320 g/mol. The molecule has 22 heavy (non-hydrogen) atoms. The molecule has 1 amide bonds. The maximum Gasteiger partial charge on any atom is 0.216 e. The third-order valence-electron chi connectivity index (χ3n) is 3.46. The van der Waals surface area contributed by atoms with Crippen LogP contribution in [0, 0.1) is 0 Å². The lowest BCUT2D eigenvalue weighted by atomic mass is 10.1. The normalized spacial score (nSPS) is 10.8. The first-order valence-electron chi connectivity index (χ1n) is 7.75. The van der Waals surface area contributed by atoms with Crippen LogP contribution in [0.4, 0.5) is 0 Å². The Kier molecular flexibility index (Phi) is 6.65. The molecule has 2 N–H and O–H groups in total. The lowest BCUT2D eigenvalue weighted by Gasteiger charge is -2.07. The number of unbranched alkanes of at least 4 members (excludes halogenated alkanes) is 1. The summed E-state index contributed by atoms with van der Waals surface area (Å²) in [7, 11) is 0. The van der Waals surface area contributed by atoms with Gasteiger partial charge in [-0.2, -0.15) is 0 Å². The molecule has 0 unspecified atom stereocenters. The van der Waals surface area contributed by atoms with E-state index in [1.807, 2.05) is 30.1 Å². The first-order valence-corrected chi connectivity index (χ1v) is 8.91. The van der Waals surface area contributed by atoms with Crippen molar-refractivity contribution in [2.24, 2.45) is 0 Å². The zero-order valence-electron chi connectivity index (χ0n) is 13.3. The van der Waals surface area contributed by atoms with Crippen LogP contribution < -0.4 is 10.1 Å². The molecule has 1 heterocycles. The Morgan fingerprint density at radius 1 is 1.41 bits per heavy atom. The number of amides is 1. The van der Waals surface area contributed by atoms with Gasteiger partial charge in [0.15, 0.2) is 0 Å². The predicted molar refractivity (Wildman–Crippen MR) is 93.5 cm³/mol. The molecule has 0 spiro atoms. The first-order chi connectivity index (χ1) is 10.7. The molecule has 5 heteroatoms. The van der Waals surface area contributed by atoms with Gasteiger partial charge < -0.3 is 15.0 Å². The van der Waals surface area contributed by atoms with Gasteiger partial charge in [-0.25, -0.2) is 0 Å².